The minimum atomic E-state index is -0.225. The second kappa shape index (κ2) is 10.6. The summed E-state index contributed by atoms with van der Waals surface area (Å²) in [4.78, 5) is 2.43. The lowest BCUT2D eigenvalue weighted by molar-refractivity contribution is 0.0579. The molecule has 164 valence electrons. The topological polar surface area (TPSA) is 65.0 Å². The van der Waals surface area contributed by atoms with E-state index in [4.69, 9.17) is 21.4 Å². The Morgan fingerprint density at radius 3 is 2.43 bits per heavy atom. The van der Waals surface area contributed by atoms with Crippen LogP contribution in [-0.2, 0) is 6.54 Å². The van der Waals surface area contributed by atoms with Gasteiger partial charge in [0.25, 0.3) is 0 Å². The number of benzene rings is 2. The van der Waals surface area contributed by atoms with Gasteiger partial charge in [-0.05, 0) is 61.2 Å². The minimum Gasteiger partial charge on any atom is -0.491 e. The Hall–Kier alpha value is -1.63. The van der Waals surface area contributed by atoms with Gasteiger partial charge in [-0.1, -0.05) is 42.8 Å². The van der Waals surface area contributed by atoms with E-state index in [1.54, 1.807) is 0 Å². The molecule has 0 amide bonds. The van der Waals surface area contributed by atoms with Gasteiger partial charge >= 0.3 is 0 Å². The molecule has 2 aromatic carbocycles. The van der Waals surface area contributed by atoms with Gasteiger partial charge in [-0.3, -0.25) is 4.90 Å². The fourth-order valence-electron chi connectivity index (χ4n) is 4.68. The molecule has 2 aromatic rings. The minimum absolute atomic E-state index is 0.0149. The quantitative estimate of drug-likeness (QED) is 0.535. The highest BCUT2D eigenvalue weighted by atomic mass is 35.5. The van der Waals surface area contributed by atoms with Crippen LogP contribution in [0.3, 0.4) is 0 Å². The lowest BCUT2D eigenvalue weighted by Gasteiger charge is -2.37. The Bertz CT molecular complexity index is 784. The molecule has 0 unspecified atom stereocenters. The molecule has 1 aliphatic rings. The van der Waals surface area contributed by atoms with Crippen LogP contribution in [0.15, 0.2) is 48.5 Å². The Kier molecular flexibility index (Phi) is 8.14. The lowest BCUT2D eigenvalue weighted by atomic mass is 9.90. The standard InChI is InChI=1S/C24H33ClN2O3/c1-3-27-23(19-6-8-21(25)9-7-19)20(14-24(27,2)17-29)16-26-15-18-4-10-22(11-5-18)30-13-12-28/h4-11,20,23,26,28-29H,3,12-17H2,1-2H3/t20-,23+,24+/m0/s1. The van der Waals surface area contributed by atoms with Gasteiger partial charge in [0.15, 0.2) is 0 Å². The maximum Gasteiger partial charge on any atom is 0.119 e. The number of hydrogen-bond acceptors (Lipinski definition) is 5. The predicted molar refractivity (Wildman–Crippen MR) is 121 cm³/mol. The second-order valence-electron chi connectivity index (χ2n) is 8.25. The molecule has 1 heterocycles. The maximum absolute atomic E-state index is 10.1. The van der Waals surface area contributed by atoms with Crippen molar-refractivity contribution in [2.24, 2.45) is 5.92 Å². The molecule has 0 saturated carbocycles. The number of hydrogen-bond donors (Lipinski definition) is 3. The fourth-order valence-corrected chi connectivity index (χ4v) is 4.81. The molecule has 3 atom stereocenters. The average molecular weight is 433 g/mol. The van der Waals surface area contributed by atoms with Crippen LogP contribution in [0.1, 0.15) is 37.4 Å². The highest BCUT2D eigenvalue weighted by Gasteiger charge is 2.47. The van der Waals surface area contributed by atoms with Gasteiger partial charge in [0.1, 0.15) is 12.4 Å². The monoisotopic (exact) mass is 432 g/mol. The van der Waals surface area contributed by atoms with E-state index in [2.05, 4.69) is 36.2 Å². The summed E-state index contributed by atoms with van der Waals surface area (Å²) in [6, 6.07) is 16.3. The van der Waals surface area contributed by atoms with Crippen LogP contribution in [0.2, 0.25) is 5.02 Å². The number of nitrogens with one attached hydrogen (secondary N) is 1. The average Bonchev–Trinajstić information content (AvgIpc) is 3.05. The first-order valence-corrected chi connectivity index (χ1v) is 11.0. The zero-order chi connectivity index (χ0) is 21.6. The zero-order valence-electron chi connectivity index (χ0n) is 17.9. The van der Waals surface area contributed by atoms with E-state index >= 15 is 0 Å². The first kappa shape index (κ1) is 23.0. The lowest BCUT2D eigenvalue weighted by Crippen LogP contribution is -2.45. The summed E-state index contributed by atoms with van der Waals surface area (Å²) in [5.74, 6) is 1.15. The van der Waals surface area contributed by atoms with Crippen LogP contribution in [0.5, 0.6) is 5.75 Å². The summed E-state index contributed by atoms with van der Waals surface area (Å²) in [5.41, 5.74) is 2.21. The zero-order valence-corrected chi connectivity index (χ0v) is 18.6. The molecule has 1 saturated heterocycles. The van der Waals surface area contributed by atoms with Crippen molar-refractivity contribution in [3.63, 3.8) is 0 Å². The van der Waals surface area contributed by atoms with Crippen molar-refractivity contribution >= 4 is 11.6 Å². The molecular weight excluding hydrogens is 400 g/mol. The van der Waals surface area contributed by atoms with Crippen LogP contribution in [0.25, 0.3) is 0 Å². The molecule has 5 nitrogen and oxygen atoms in total. The van der Waals surface area contributed by atoms with Crippen LogP contribution >= 0.6 is 11.6 Å². The van der Waals surface area contributed by atoms with E-state index < -0.39 is 0 Å². The first-order valence-electron chi connectivity index (χ1n) is 10.7. The van der Waals surface area contributed by atoms with Gasteiger partial charge in [-0.25, -0.2) is 0 Å². The first-order chi connectivity index (χ1) is 14.5. The molecule has 1 fully saturated rings. The van der Waals surface area contributed by atoms with Gasteiger partial charge in [0.05, 0.1) is 13.2 Å². The van der Waals surface area contributed by atoms with Gasteiger partial charge in [0, 0.05) is 29.7 Å². The largest absolute Gasteiger partial charge is 0.491 e. The Morgan fingerprint density at radius 2 is 1.83 bits per heavy atom. The highest BCUT2D eigenvalue weighted by Crippen LogP contribution is 2.46. The fraction of sp³-hybridized carbons (Fsp3) is 0.500. The number of likely N-dealkylation sites (tertiary alicyclic amines) is 1. The number of rotatable bonds is 10. The summed E-state index contributed by atoms with van der Waals surface area (Å²) in [6.07, 6.45) is 0.936. The van der Waals surface area contributed by atoms with E-state index in [-0.39, 0.29) is 24.8 Å². The summed E-state index contributed by atoms with van der Waals surface area (Å²) < 4.78 is 5.42. The molecule has 1 aliphatic heterocycles. The third kappa shape index (κ3) is 5.34. The number of aliphatic hydroxyl groups excluding tert-OH is 2. The second-order valence-corrected chi connectivity index (χ2v) is 8.69. The van der Waals surface area contributed by atoms with Gasteiger partial charge in [-0.15, -0.1) is 0 Å². The molecule has 0 bridgehead atoms. The molecule has 30 heavy (non-hydrogen) atoms. The number of likely N-dealkylation sites (N-methyl/N-ethyl adjacent to an activating group) is 1. The normalized spacial score (nSPS) is 24.3. The number of ether oxygens (including phenoxy) is 1. The Labute approximate surface area is 184 Å². The number of aliphatic hydroxyl groups is 2. The van der Waals surface area contributed by atoms with Crippen LogP contribution < -0.4 is 10.1 Å². The van der Waals surface area contributed by atoms with Crippen LogP contribution in [-0.4, -0.2) is 53.6 Å². The van der Waals surface area contributed by atoms with Crippen molar-refractivity contribution in [1.82, 2.24) is 10.2 Å². The highest BCUT2D eigenvalue weighted by molar-refractivity contribution is 6.30. The summed E-state index contributed by atoms with van der Waals surface area (Å²) >= 11 is 6.11. The van der Waals surface area contributed by atoms with Gasteiger partial charge in [-0.2, -0.15) is 0 Å². The van der Waals surface area contributed by atoms with Crippen molar-refractivity contribution in [2.45, 2.75) is 38.4 Å². The molecule has 0 aromatic heterocycles. The molecule has 0 radical (unpaired) electrons. The summed E-state index contributed by atoms with van der Waals surface area (Å²) in [5, 5.41) is 23.3. The van der Waals surface area contributed by atoms with E-state index in [9.17, 15) is 5.11 Å². The van der Waals surface area contributed by atoms with Crippen molar-refractivity contribution in [3.8, 4) is 5.75 Å². The molecule has 0 aliphatic carbocycles. The van der Waals surface area contributed by atoms with Crippen molar-refractivity contribution < 1.29 is 14.9 Å². The molecular formula is C24H33ClN2O3. The number of nitrogens with zero attached hydrogens (tertiary/aromatic N) is 1. The summed E-state index contributed by atoms with van der Waals surface area (Å²) in [6.45, 7) is 7.31. The van der Waals surface area contributed by atoms with E-state index in [0.29, 0.717) is 12.5 Å². The van der Waals surface area contributed by atoms with E-state index in [0.717, 1.165) is 36.8 Å². The Morgan fingerprint density at radius 1 is 1.13 bits per heavy atom. The van der Waals surface area contributed by atoms with Gasteiger partial charge < -0.3 is 20.3 Å². The summed E-state index contributed by atoms with van der Waals surface area (Å²) in [7, 11) is 0. The molecule has 6 heteroatoms. The van der Waals surface area contributed by atoms with Crippen LogP contribution in [0, 0.1) is 5.92 Å². The molecule has 0 spiro atoms. The molecule has 3 rings (SSSR count). The predicted octanol–water partition coefficient (Wildman–Crippen LogP) is 3.63. The third-order valence-electron chi connectivity index (χ3n) is 6.09. The maximum atomic E-state index is 10.1. The van der Waals surface area contributed by atoms with Crippen molar-refractivity contribution in [2.75, 3.05) is 32.9 Å². The Balaban J connectivity index is 1.67. The SMILES string of the molecule is CCN1[C@H](c2ccc(Cl)cc2)[C@H](CNCc2ccc(OCCO)cc2)C[C@]1(C)CO. The van der Waals surface area contributed by atoms with Crippen molar-refractivity contribution in [1.29, 1.82) is 0 Å². The van der Waals surface area contributed by atoms with Gasteiger partial charge in [0.2, 0.25) is 0 Å². The van der Waals surface area contributed by atoms with Crippen LogP contribution in [0.4, 0.5) is 0 Å². The van der Waals surface area contributed by atoms with E-state index in [1.165, 1.54) is 11.1 Å². The van der Waals surface area contributed by atoms with E-state index in [1.807, 2.05) is 36.4 Å². The number of halogens is 1. The third-order valence-corrected chi connectivity index (χ3v) is 6.34. The molecule has 3 N–H and O–H groups in total. The smallest absolute Gasteiger partial charge is 0.119 e. The van der Waals surface area contributed by atoms with Crippen molar-refractivity contribution in [3.05, 3.63) is 64.7 Å².